The van der Waals surface area contributed by atoms with Gasteiger partial charge in [-0.2, -0.15) is 0 Å². The van der Waals surface area contributed by atoms with E-state index in [2.05, 4.69) is 0 Å². The topological polar surface area (TPSA) is 40.6 Å². The minimum atomic E-state index is 0.145. The fourth-order valence-electron chi connectivity index (χ4n) is 5.44. The lowest BCUT2D eigenvalue weighted by molar-refractivity contribution is -0.131. The average molecular weight is 393 g/mol. The molecule has 4 rings (SSSR count). The van der Waals surface area contributed by atoms with Crippen LogP contribution in [0.1, 0.15) is 64.2 Å². The molecule has 0 bridgehead atoms. The van der Waals surface area contributed by atoms with Gasteiger partial charge in [0.1, 0.15) is 0 Å². The van der Waals surface area contributed by atoms with Crippen molar-refractivity contribution >= 4 is 46.2 Å². The smallest absolute Gasteiger partial charge is 0.231 e. The lowest BCUT2D eigenvalue weighted by Gasteiger charge is -2.21. The Labute approximate surface area is 166 Å². The average Bonchev–Trinajstić information content (AvgIpc) is 3.06. The van der Waals surface area contributed by atoms with Crippen LogP contribution < -0.4 is 0 Å². The number of fused-ring (bicyclic) bond motifs is 2. The molecule has 0 aromatic heterocycles. The van der Waals surface area contributed by atoms with Gasteiger partial charge in [-0.1, -0.05) is 50.1 Å². The van der Waals surface area contributed by atoms with Crippen molar-refractivity contribution in [2.45, 2.75) is 64.2 Å². The molecule has 0 spiro atoms. The van der Waals surface area contributed by atoms with Crippen LogP contribution in [-0.4, -0.2) is 44.7 Å². The predicted octanol–water partition coefficient (Wildman–Crippen LogP) is 3.72. The Hall–Kier alpha value is -0.880. The molecule has 4 aliphatic rings. The third-order valence-electron chi connectivity index (χ3n) is 6.88. The number of hydrogen-bond donors (Lipinski definition) is 0. The Balaban J connectivity index is 1.28. The maximum atomic E-state index is 12.6. The Morgan fingerprint density at radius 1 is 0.654 bits per heavy atom. The third-order valence-corrected chi connectivity index (χ3v) is 7.92. The molecule has 2 aliphatic heterocycles. The number of rotatable bonds is 5. The first kappa shape index (κ1) is 18.5. The molecule has 2 heterocycles. The zero-order valence-electron chi connectivity index (χ0n) is 15.3. The normalized spacial score (nSPS) is 34.5. The summed E-state index contributed by atoms with van der Waals surface area (Å²) in [6, 6.07) is 0. The summed E-state index contributed by atoms with van der Waals surface area (Å²) in [7, 11) is 0. The number of nitrogens with zero attached hydrogens (tertiary/aromatic N) is 2. The first-order chi connectivity index (χ1) is 12.6. The van der Waals surface area contributed by atoms with Crippen LogP contribution in [0.15, 0.2) is 0 Å². The number of carbonyl (C=O) groups is 2. The first-order valence-corrected chi connectivity index (χ1v) is 11.1. The van der Waals surface area contributed by atoms with Crippen LogP contribution >= 0.6 is 24.4 Å². The summed E-state index contributed by atoms with van der Waals surface area (Å²) in [5, 5.41) is 0. The fourth-order valence-corrected chi connectivity index (χ4v) is 6.37. The van der Waals surface area contributed by atoms with E-state index in [4.69, 9.17) is 24.4 Å². The minimum absolute atomic E-state index is 0.145. The van der Waals surface area contributed by atoms with Crippen LogP contribution in [0.5, 0.6) is 0 Å². The molecule has 2 saturated heterocycles. The number of carbonyl (C=O) groups excluding carboxylic acids is 2. The molecular formula is C20H28N2O2S2. The zero-order chi connectivity index (χ0) is 18.3. The van der Waals surface area contributed by atoms with E-state index in [9.17, 15) is 9.59 Å². The Kier molecular flexibility index (Phi) is 5.42. The summed E-state index contributed by atoms with van der Waals surface area (Å²) in [6.45, 7) is 1.40. The van der Waals surface area contributed by atoms with Crippen molar-refractivity contribution in [1.29, 1.82) is 0 Å². The molecule has 0 radical (unpaired) electrons. The highest BCUT2D eigenvalue weighted by Crippen LogP contribution is 2.40. The molecule has 142 valence electrons. The standard InChI is InChI=1S/C20H28N2O2S2/c23-17-13-7-1-3-9-15(13)19(25)21(17)11-5-6-12-22-18(24)14-8-2-4-10-16(14)20(22)26/h13-16H,1-12H2. The summed E-state index contributed by atoms with van der Waals surface area (Å²) < 4.78 is 0. The van der Waals surface area contributed by atoms with Gasteiger partial charge in [0.15, 0.2) is 0 Å². The second-order valence-electron chi connectivity index (χ2n) is 8.36. The summed E-state index contributed by atoms with van der Waals surface area (Å²) in [4.78, 5) is 30.7. The Morgan fingerprint density at radius 3 is 1.35 bits per heavy atom. The Bertz CT molecular complexity index is 533. The Morgan fingerprint density at radius 2 is 1.00 bits per heavy atom. The van der Waals surface area contributed by atoms with Crippen molar-refractivity contribution in [2.24, 2.45) is 23.7 Å². The third kappa shape index (κ3) is 3.13. The van der Waals surface area contributed by atoms with Crippen LogP contribution in [0.2, 0.25) is 0 Å². The monoisotopic (exact) mass is 392 g/mol. The van der Waals surface area contributed by atoms with Crippen LogP contribution in [0.3, 0.4) is 0 Å². The molecule has 6 heteroatoms. The molecule has 4 nitrogen and oxygen atoms in total. The molecule has 4 fully saturated rings. The quantitative estimate of drug-likeness (QED) is 0.528. The van der Waals surface area contributed by atoms with E-state index in [1.165, 1.54) is 12.8 Å². The van der Waals surface area contributed by atoms with Crippen molar-refractivity contribution in [1.82, 2.24) is 9.80 Å². The van der Waals surface area contributed by atoms with Gasteiger partial charge in [0.25, 0.3) is 0 Å². The van der Waals surface area contributed by atoms with Gasteiger partial charge >= 0.3 is 0 Å². The molecule has 0 aromatic carbocycles. The van der Waals surface area contributed by atoms with E-state index in [1.807, 2.05) is 9.80 Å². The summed E-state index contributed by atoms with van der Waals surface area (Å²) in [5.41, 5.74) is 0. The molecule has 26 heavy (non-hydrogen) atoms. The van der Waals surface area contributed by atoms with Gasteiger partial charge in [-0.15, -0.1) is 0 Å². The van der Waals surface area contributed by atoms with E-state index < -0.39 is 0 Å². The molecule has 0 N–H and O–H groups in total. The van der Waals surface area contributed by atoms with Crippen molar-refractivity contribution in [3.8, 4) is 0 Å². The summed E-state index contributed by atoms with van der Waals surface area (Å²) in [6.07, 6.45) is 10.6. The van der Waals surface area contributed by atoms with E-state index >= 15 is 0 Å². The number of likely N-dealkylation sites (tertiary alicyclic amines) is 2. The van der Waals surface area contributed by atoms with Gasteiger partial charge in [0.2, 0.25) is 11.8 Å². The van der Waals surface area contributed by atoms with Gasteiger partial charge in [-0.05, 0) is 38.5 Å². The number of amides is 2. The fraction of sp³-hybridized carbons (Fsp3) is 0.800. The maximum Gasteiger partial charge on any atom is 0.231 e. The summed E-state index contributed by atoms with van der Waals surface area (Å²) >= 11 is 11.2. The lowest BCUT2D eigenvalue weighted by Crippen LogP contribution is -2.33. The van der Waals surface area contributed by atoms with E-state index in [0.29, 0.717) is 24.9 Å². The van der Waals surface area contributed by atoms with E-state index in [0.717, 1.165) is 61.3 Å². The number of unbranched alkanes of at least 4 members (excludes halogenated alkanes) is 1. The second kappa shape index (κ2) is 7.63. The molecule has 4 unspecified atom stereocenters. The van der Waals surface area contributed by atoms with Crippen molar-refractivity contribution in [2.75, 3.05) is 13.1 Å². The summed E-state index contributed by atoms with van der Waals surface area (Å²) in [5.74, 6) is 1.40. The lowest BCUT2D eigenvalue weighted by atomic mass is 9.81. The molecular weight excluding hydrogens is 364 g/mol. The van der Waals surface area contributed by atoms with E-state index in [1.54, 1.807) is 0 Å². The van der Waals surface area contributed by atoms with Crippen LogP contribution in [-0.2, 0) is 9.59 Å². The largest absolute Gasteiger partial charge is 0.306 e. The maximum absolute atomic E-state index is 12.6. The molecule has 2 amide bonds. The highest BCUT2D eigenvalue weighted by Gasteiger charge is 2.46. The van der Waals surface area contributed by atoms with Crippen LogP contribution in [0.4, 0.5) is 0 Å². The highest BCUT2D eigenvalue weighted by molar-refractivity contribution is 7.80. The zero-order valence-corrected chi connectivity index (χ0v) is 17.0. The predicted molar refractivity (Wildman–Crippen MR) is 109 cm³/mol. The van der Waals surface area contributed by atoms with Crippen LogP contribution in [0, 0.1) is 23.7 Å². The van der Waals surface area contributed by atoms with Gasteiger partial charge in [0.05, 0.1) is 9.98 Å². The van der Waals surface area contributed by atoms with E-state index in [-0.39, 0.29) is 23.7 Å². The number of thiocarbonyl (C=S) groups is 2. The first-order valence-electron chi connectivity index (χ1n) is 10.3. The minimum Gasteiger partial charge on any atom is -0.306 e. The second-order valence-corrected chi connectivity index (χ2v) is 9.19. The molecule has 4 atom stereocenters. The SMILES string of the molecule is O=C1C2CCCCC2C(=S)N1CCCCN1C(=O)C2CCCCC2C1=S. The van der Waals surface area contributed by atoms with Gasteiger partial charge in [-0.3, -0.25) is 9.59 Å². The van der Waals surface area contributed by atoms with Crippen LogP contribution in [0.25, 0.3) is 0 Å². The van der Waals surface area contributed by atoms with Gasteiger partial charge < -0.3 is 9.80 Å². The number of hydrogen-bond acceptors (Lipinski definition) is 4. The van der Waals surface area contributed by atoms with Gasteiger partial charge in [-0.25, -0.2) is 0 Å². The molecule has 0 aromatic rings. The van der Waals surface area contributed by atoms with Crippen molar-refractivity contribution in [3.63, 3.8) is 0 Å². The van der Waals surface area contributed by atoms with Crippen molar-refractivity contribution < 1.29 is 9.59 Å². The van der Waals surface area contributed by atoms with Crippen molar-refractivity contribution in [3.05, 3.63) is 0 Å². The highest BCUT2D eigenvalue weighted by atomic mass is 32.1. The van der Waals surface area contributed by atoms with Gasteiger partial charge in [0, 0.05) is 36.8 Å². The molecule has 2 aliphatic carbocycles. The molecule has 2 saturated carbocycles.